The predicted octanol–water partition coefficient (Wildman–Crippen LogP) is 5.37. The quantitative estimate of drug-likeness (QED) is 0.370. The van der Waals surface area contributed by atoms with Gasteiger partial charge in [-0.2, -0.15) is 0 Å². The summed E-state index contributed by atoms with van der Waals surface area (Å²) in [7, 11) is 1.49. The number of anilines is 2. The van der Waals surface area contributed by atoms with Crippen LogP contribution in [-0.4, -0.2) is 57.3 Å². The van der Waals surface area contributed by atoms with Crippen LogP contribution in [0.4, 0.5) is 16.3 Å². The molecule has 2 amide bonds. The fourth-order valence-electron chi connectivity index (χ4n) is 4.38. The zero-order chi connectivity index (χ0) is 28.2. The van der Waals surface area contributed by atoms with Gasteiger partial charge in [0.1, 0.15) is 17.5 Å². The van der Waals surface area contributed by atoms with Gasteiger partial charge in [0.25, 0.3) is 0 Å². The van der Waals surface area contributed by atoms with Gasteiger partial charge in [-0.15, -0.1) is 0 Å². The van der Waals surface area contributed by atoms with Gasteiger partial charge < -0.3 is 25.2 Å². The molecule has 10 nitrogen and oxygen atoms in total. The topological polar surface area (TPSA) is 126 Å². The molecule has 1 fully saturated rings. The number of carbonyl (C=O) groups excluding carboxylic acids is 2. The van der Waals surface area contributed by atoms with E-state index in [1.807, 2.05) is 52.0 Å². The second kappa shape index (κ2) is 11.6. The number of benzene rings is 2. The van der Waals surface area contributed by atoms with Crippen LogP contribution >= 0.6 is 0 Å². The molecule has 3 aromatic rings. The highest BCUT2D eigenvalue weighted by Gasteiger charge is 2.36. The molecular weight excluding hydrogens is 498 g/mol. The molecule has 0 bridgehead atoms. The Kier molecular flexibility index (Phi) is 8.23. The summed E-state index contributed by atoms with van der Waals surface area (Å²) < 4.78 is 10.7. The SMILES string of the molecule is COc1cc(-c2cncc(N[C@H](C)c3ccc(NC(=O)C4CCCN4C(=O)OC(C)(C)C)cc3)n2)ccc1O. The van der Waals surface area contributed by atoms with Crippen molar-refractivity contribution < 1.29 is 24.2 Å². The molecule has 0 radical (unpaired) electrons. The van der Waals surface area contributed by atoms with Gasteiger partial charge in [0, 0.05) is 23.8 Å². The van der Waals surface area contributed by atoms with Crippen LogP contribution in [0.15, 0.2) is 54.9 Å². The molecular formula is C29H35N5O5. The number of hydrogen-bond donors (Lipinski definition) is 3. The van der Waals surface area contributed by atoms with Crippen LogP contribution in [0.1, 0.15) is 52.1 Å². The van der Waals surface area contributed by atoms with Gasteiger partial charge in [0.2, 0.25) is 5.91 Å². The van der Waals surface area contributed by atoms with Crippen molar-refractivity contribution in [1.29, 1.82) is 0 Å². The average Bonchev–Trinajstić information content (AvgIpc) is 3.39. The third kappa shape index (κ3) is 6.95. The number of amides is 2. The van der Waals surface area contributed by atoms with Crippen molar-refractivity contribution in [2.75, 3.05) is 24.3 Å². The number of likely N-dealkylation sites (tertiary alicyclic amines) is 1. The minimum absolute atomic E-state index is 0.0559. The normalized spacial score (nSPS) is 15.9. The molecule has 0 aliphatic carbocycles. The summed E-state index contributed by atoms with van der Waals surface area (Å²) in [5.41, 5.74) is 2.42. The maximum Gasteiger partial charge on any atom is 0.410 e. The first-order valence-electron chi connectivity index (χ1n) is 12.9. The van der Waals surface area contributed by atoms with Crippen LogP contribution in [0.5, 0.6) is 11.5 Å². The van der Waals surface area contributed by atoms with E-state index < -0.39 is 17.7 Å². The minimum atomic E-state index is -0.618. The minimum Gasteiger partial charge on any atom is -0.504 e. The molecule has 2 heterocycles. The number of rotatable bonds is 7. The first-order chi connectivity index (χ1) is 18.5. The Morgan fingerprint density at radius 1 is 1.13 bits per heavy atom. The second-order valence-electron chi connectivity index (χ2n) is 10.5. The first kappa shape index (κ1) is 27.7. The van der Waals surface area contributed by atoms with Gasteiger partial charge in [-0.05, 0) is 76.4 Å². The van der Waals surface area contributed by atoms with E-state index >= 15 is 0 Å². The van der Waals surface area contributed by atoms with Gasteiger partial charge in [-0.25, -0.2) is 9.78 Å². The lowest BCUT2D eigenvalue weighted by atomic mass is 10.1. The summed E-state index contributed by atoms with van der Waals surface area (Å²) in [5, 5.41) is 16.1. The summed E-state index contributed by atoms with van der Waals surface area (Å²) in [6.07, 6.45) is 4.18. The number of ether oxygens (including phenoxy) is 2. The van der Waals surface area contributed by atoms with Crippen LogP contribution < -0.4 is 15.4 Å². The number of phenols is 1. The summed E-state index contributed by atoms with van der Waals surface area (Å²) in [6, 6.07) is 11.9. The van der Waals surface area contributed by atoms with E-state index in [1.165, 1.54) is 12.0 Å². The van der Waals surface area contributed by atoms with Gasteiger partial charge in [0.15, 0.2) is 11.5 Å². The molecule has 1 aliphatic rings. The number of nitrogens with zero attached hydrogens (tertiary/aromatic N) is 3. The number of aromatic hydroxyl groups is 1. The van der Waals surface area contributed by atoms with E-state index in [0.717, 1.165) is 17.5 Å². The Bertz CT molecular complexity index is 1320. The van der Waals surface area contributed by atoms with Crippen LogP contribution in [0.3, 0.4) is 0 Å². The monoisotopic (exact) mass is 533 g/mol. The molecule has 1 aliphatic heterocycles. The van der Waals surface area contributed by atoms with Gasteiger partial charge in [-0.3, -0.25) is 14.7 Å². The molecule has 4 rings (SSSR count). The molecule has 0 spiro atoms. The summed E-state index contributed by atoms with van der Waals surface area (Å²) in [5.74, 6) is 0.780. The standard InChI is InChI=1S/C29H35N5O5/c1-18(31-26-17-30-16-22(33-26)20-10-13-24(35)25(15-20)38-5)19-8-11-21(12-9-19)32-27(36)23-7-6-14-34(23)28(37)39-29(2,3)4/h8-13,15-18,23,35H,6-7,14H2,1-5H3,(H,31,33)(H,32,36)/t18-,23?/m1/s1. The molecule has 1 unspecified atom stereocenters. The van der Waals surface area contributed by atoms with Crippen LogP contribution in [0.25, 0.3) is 11.3 Å². The fourth-order valence-corrected chi connectivity index (χ4v) is 4.38. The highest BCUT2D eigenvalue weighted by Crippen LogP contribution is 2.31. The van der Waals surface area contributed by atoms with E-state index in [0.29, 0.717) is 35.9 Å². The van der Waals surface area contributed by atoms with E-state index in [4.69, 9.17) is 9.47 Å². The molecule has 39 heavy (non-hydrogen) atoms. The molecule has 10 heteroatoms. The second-order valence-corrected chi connectivity index (χ2v) is 10.5. The smallest absolute Gasteiger partial charge is 0.410 e. The number of methoxy groups -OCH3 is 1. The molecule has 1 saturated heterocycles. The summed E-state index contributed by atoms with van der Waals surface area (Å²) in [4.78, 5) is 35.9. The van der Waals surface area contributed by atoms with Crippen LogP contribution in [0, 0.1) is 0 Å². The number of aromatic nitrogens is 2. The molecule has 0 saturated carbocycles. The van der Waals surface area contributed by atoms with Crippen molar-refractivity contribution in [2.45, 2.75) is 58.2 Å². The summed E-state index contributed by atoms with van der Waals surface area (Å²) >= 11 is 0. The Morgan fingerprint density at radius 3 is 2.56 bits per heavy atom. The van der Waals surface area contributed by atoms with Crippen molar-refractivity contribution in [1.82, 2.24) is 14.9 Å². The maximum absolute atomic E-state index is 13.0. The maximum atomic E-state index is 13.0. The Labute approximate surface area is 228 Å². The predicted molar refractivity (Wildman–Crippen MR) is 149 cm³/mol. The lowest BCUT2D eigenvalue weighted by Gasteiger charge is -2.28. The van der Waals surface area contributed by atoms with Crippen molar-refractivity contribution in [3.63, 3.8) is 0 Å². The molecule has 3 N–H and O–H groups in total. The third-order valence-electron chi connectivity index (χ3n) is 6.34. The van der Waals surface area contributed by atoms with E-state index in [1.54, 1.807) is 30.6 Å². The first-order valence-corrected chi connectivity index (χ1v) is 12.9. The van der Waals surface area contributed by atoms with Gasteiger partial charge in [0.05, 0.1) is 25.2 Å². The molecule has 2 atom stereocenters. The van der Waals surface area contributed by atoms with E-state index in [-0.39, 0.29) is 17.7 Å². The van der Waals surface area contributed by atoms with Crippen LogP contribution in [0.2, 0.25) is 0 Å². The Hall–Kier alpha value is -4.34. The summed E-state index contributed by atoms with van der Waals surface area (Å²) in [6.45, 7) is 7.93. The van der Waals surface area contributed by atoms with Crippen molar-refractivity contribution in [3.8, 4) is 22.8 Å². The highest BCUT2D eigenvalue weighted by atomic mass is 16.6. The van der Waals surface area contributed by atoms with Crippen molar-refractivity contribution in [3.05, 3.63) is 60.4 Å². The van der Waals surface area contributed by atoms with E-state index in [9.17, 15) is 14.7 Å². The Morgan fingerprint density at radius 2 is 1.87 bits per heavy atom. The number of hydrogen-bond acceptors (Lipinski definition) is 8. The van der Waals surface area contributed by atoms with Crippen molar-refractivity contribution >= 4 is 23.5 Å². The molecule has 1 aromatic heterocycles. The highest BCUT2D eigenvalue weighted by molar-refractivity contribution is 5.96. The number of nitrogens with one attached hydrogen (secondary N) is 2. The van der Waals surface area contributed by atoms with Gasteiger partial charge >= 0.3 is 6.09 Å². The van der Waals surface area contributed by atoms with Gasteiger partial charge in [-0.1, -0.05) is 12.1 Å². The van der Waals surface area contributed by atoms with Crippen LogP contribution in [-0.2, 0) is 9.53 Å². The zero-order valence-corrected chi connectivity index (χ0v) is 22.9. The molecule has 2 aromatic carbocycles. The average molecular weight is 534 g/mol. The largest absolute Gasteiger partial charge is 0.504 e. The lowest BCUT2D eigenvalue weighted by molar-refractivity contribution is -0.120. The number of phenolic OH excluding ortho intramolecular Hbond substituents is 1. The fraction of sp³-hybridized carbons (Fsp3) is 0.379. The lowest BCUT2D eigenvalue weighted by Crippen LogP contribution is -2.45. The van der Waals surface area contributed by atoms with E-state index in [2.05, 4.69) is 20.6 Å². The molecule has 206 valence electrons. The third-order valence-corrected chi connectivity index (χ3v) is 6.34. The zero-order valence-electron chi connectivity index (χ0n) is 22.9. The van der Waals surface area contributed by atoms with Crippen molar-refractivity contribution in [2.24, 2.45) is 0 Å². The Balaban J connectivity index is 1.38. The number of carbonyl (C=O) groups is 2.